The van der Waals surface area contributed by atoms with Crippen LogP contribution < -0.4 is 5.32 Å². The van der Waals surface area contributed by atoms with Crippen molar-refractivity contribution < 1.29 is 24.5 Å². The lowest BCUT2D eigenvalue weighted by Gasteiger charge is -2.29. The van der Waals surface area contributed by atoms with E-state index < -0.39 is 18.0 Å². The number of phenols is 1. The summed E-state index contributed by atoms with van der Waals surface area (Å²) in [7, 11) is 0. The zero-order valence-corrected chi connectivity index (χ0v) is 19.1. The van der Waals surface area contributed by atoms with E-state index in [1.165, 1.54) is 0 Å². The number of fused-ring (bicyclic) bond motifs is 1. The molecule has 0 saturated carbocycles. The molecule has 1 aliphatic rings. The van der Waals surface area contributed by atoms with Gasteiger partial charge in [-0.25, -0.2) is 9.48 Å². The molecule has 0 saturated heterocycles. The van der Waals surface area contributed by atoms with Crippen LogP contribution in [0.5, 0.6) is 5.75 Å². The number of carboxylic acids is 1. The van der Waals surface area contributed by atoms with E-state index in [4.69, 9.17) is 26.2 Å². The Labute approximate surface area is 196 Å². The molecular formula is C24H24ClN3O5. The van der Waals surface area contributed by atoms with E-state index in [1.807, 2.05) is 37.3 Å². The number of anilines is 1. The quantitative estimate of drug-likeness (QED) is 0.468. The normalized spacial score (nSPS) is 14.5. The highest BCUT2D eigenvalue weighted by Gasteiger charge is 2.35. The van der Waals surface area contributed by atoms with Crippen molar-refractivity contribution in [2.75, 3.05) is 11.9 Å². The Morgan fingerprint density at radius 3 is 2.48 bits per heavy atom. The summed E-state index contributed by atoms with van der Waals surface area (Å²) >= 11 is 6.02. The minimum absolute atomic E-state index is 0.119. The van der Waals surface area contributed by atoms with Gasteiger partial charge in [-0.1, -0.05) is 35.9 Å². The van der Waals surface area contributed by atoms with Gasteiger partial charge in [0, 0.05) is 23.2 Å². The first-order valence-corrected chi connectivity index (χ1v) is 10.6. The smallest absolute Gasteiger partial charge is 0.338 e. The molecule has 4 rings (SSSR count). The topological polar surface area (TPSA) is 114 Å². The summed E-state index contributed by atoms with van der Waals surface area (Å²) < 4.78 is 7.05. The van der Waals surface area contributed by atoms with Gasteiger partial charge >= 0.3 is 5.97 Å². The van der Waals surface area contributed by atoms with Crippen molar-refractivity contribution in [2.24, 2.45) is 0 Å². The molecular weight excluding hydrogens is 446 g/mol. The molecule has 1 aromatic heterocycles. The Kier molecular flexibility index (Phi) is 7.40. The summed E-state index contributed by atoms with van der Waals surface area (Å²) in [5.74, 6) is -0.375. The number of hydrogen-bond donors (Lipinski definition) is 3. The molecule has 1 unspecified atom stereocenters. The van der Waals surface area contributed by atoms with Gasteiger partial charge in [0.25, 0.3) is 5.97 Å². The monoisotopic (exact) mass is 469 g/mol. The van der Waals surface area contributed by atoms with Gasteiger partial charge < -0.3 is 20.3 Å². The highest BCUT2D eigenvalue weighted by atomic mass is 35.5. The first-order valence-electron chi connectivity index (χ1n) is 10.2. The first kappa shape index (κ1) is 23.9. The van der Waals surface area contributed by atoms with E-state index >= 15 is 0 Å². The van der Waals surface area contributed by atoms with Gasteiger partial charge in [-0.05, 0) is 49.2 Å². The number of hydrogen-bond acceptors (Lipinski definition) is 6. The highest BCUT2D eigenvalue weighted by Crippen LogP contribution is 2.41. The van der Waals surface area contributed by atoms with Crippen LogP contribution >= 0.6 is 11.6 Å². The number of carboxylic acid groups (broad SMARTS) is 1. The molecule has 3 N–H and O–H groups in total. The van der Waals surface area contributed by atoms with E-state index in [2.05, 4.69) is 10.4 Å². The van der Waals surface area contributed by atoms with Gasteiger partial charge in [0.15, 0.2) is 0 Å². The number of benzene rings is 2. The summed E-state index contributed by atoms with van der Waals surface area (Å²) in [5.41, 5.74) is 3.70. The van der Waals surface area contributed by atoms with Crippen molar-refractivity contribution in [3.63, 3.8) is 0 Å². The lowest BCUT2D eigenvalue weighted by atomic mass is 9.95. The average Bonchev–Trinajstić information content (AvgIpc) is 3.16. The Morgan fingerprint density at radius 1 is 1.21 bits per heavy atom. The number of allylic oxidation sites excluding steroid dienone is 1. The van der Waals surface area contributed by atoms with Crippen LogP contribution in [0.3, 0.4) is 0 Å². The van der Waals surface area contributed by atoms with E-state index in [0.717, 1.165) is 29.4 Å². The van der Waals surface area contributed by atoms with Crippen LogP contribution in [0, 0.1) is 0 Å². The van der Waals surface area contributed by atoms with E-state index in [9.17, 15) is 9.90 Å². The molecule has 0 bridgehead atoms. The van der Waals surface area contributed by atoms with Crippen LogP contribution in [0.1, 0.15) is 32.4 Å². The fraction of sp³-hybridized carbons (Fsp3) is 0.208. The van der Waals surface area contributed by atoms with Crippen LogP contribution in [0.2, 0.25) is 5.02 Å². The molecule has 1 aliphatic heterocycles. The molecule has 0 radical (unpaired) electrons. The van der Waals surface area contributed by atoms with Crippen molar-refractivity contribution in [2.45, 2.75) is 26.8 Å². The third-order valence-electron chi connectivity index (χ3n) is 4.86. The maximum absolute atomic E-state index is 12.8. The minimum Gasteiger partial charge on any atom is -0.508 e. The maximum atomic E-state index is 12.8. The molecule has 3 aromatic rings. The third-order valence-corrected chi connectivity index (χ3v) is 5.11. The van der Waals surface area contributed by atoms with Crippen LogP contribution in [0.25, 0.3) is 11.1 Å². The Bertz CT molecular complexity index is 1200. The van der Waals surface area contributed by atoms with Gasteiger partial charge in [0.1, 0.15) is 17.6 Å². The van der Waals surface area contributed by atoms with Crippen molar-refractivity contribution in [1.82, 2.24) is 9.78 Å². The number of nitrogens with zero attached hydrogens (tertiary/aromatic N) is 2. The lowest BCUT2D eigenvalue weighted by Crippen LogP contribution is -2.29. The second-order valence-electron chi connectivity index (χ2n) is 7.26. The largest absolute Gasteiger partial charge is 0.508 e. The molecule has 0 amide bonds. The van der Waals surface area contributed by atoms with E-state index in [1.54, 1.807) is 36.0 Å². The standard InChI is InChI=1S/C22H20ClN3O3.C2H4O2/c1-3-29-22(28)19-13(2)25-21-18(14-7-9-16(23)10-8-14)12-24-26(21)20(19)15-5-4-6-17(27)11-15;1-2(3)4/h4-12,20,25,27H,3H2,1-2H3;1H3,(H,3,4). The fourth-order valence-corrected chi connectivity index (χ4v) is 3.70. The molecule has 9 heteroatoms. The predicted octanol–water partition coefficient (Wildman–Crippen LogP) is 4.85. The minimum atomic E-state index is -0.833. The number of ether oxygens (including phenoxy) is 1. The number of esters is 1. The Hall–Kier alpha value is -3.78. The van der Waals surface area contributed by atoms with Gasteiger partial charge in [0.05, 0.1) is 18.4 Å². The number of aromatic nitrogens is 2. The van der Waals surface area contributed by atoms with Crippen molar-refractivity contribution in [1.29, 1.82) is 0 Å². The molecule has 0 fully saturated rings. The number of aliphatic carboxylic acids is 1. The lowest BCUT2D eigenvalue weighted by molar-refractivity contribution is -0.139. The SMILES string of the molecule is CC(=O)O.CCOC(=O)C1=C(C)Nc2c(-c3ccc(Cl)cc3)cnn2C1c1cccc(O)c1. The van der Waals surface area contributed by atoms with E-state index in [-0.39, 0.29) is 12.4 Å². The summed E-state index contributed by atoms with van der Waals surface area (Å²) in [5, 5.41) is 26.0. The summed E-state index contributed by atoms with van der Waals surface area (Å²) in [6.45, 7) is 4.96. The number of nitrogens with one attached hydrogen (secondary N) is 1. The molecule has 2 aromatic carbocycles. The van der Waals surface area contributed by atoms with Gasteiger partial charge in [-0.15, -0.1) is 0 Å². The Balaban J connectivity index is 0.000000709. The average molecular weight is 470 g/mol. The fourth-order valence-electron chi connectivity index (χ4n) is 3.57. The summed E-state index contributed by atoms with van der Waals surface area (Å²) in [6.07, 6.45) is 1.75. The second kappa shape index (κ2) is 10.2. The van der Waals surface area contributed by atoms with Crippen LogP contribution in [-0.4, -0.2) is 38.5 Å². The molecule has 1 atom stereocenters. The van der Waals surface area contributed by atoms with Crippen LogP contribution in [0.4, 0.5) is 5.82 Å². The number of carbonyl (C=O) groups is 2. The Morgan fingerprint density at radius 2 is 1.88 bits per heavy atom. The number of phenolic OH excluding ortho intramolecular Hbond substituents is 1. The molecule has 2 heterocycles. The number of halogens is 1. The molecule has 8 nitrogen and oxygen atoms in total. The summed E-state index contributed by atoms with van der Waals surface area (Å²) in [4.78, 5) is 21.8. The number of aromatic hydroxyl groups is 1. The maximum Gasteiger partial charge on any atom is 0.338 e. The number of carbonyl (C=O) groups excluding carboxylic acids is 1. The van der Waals surface area contributed by atoms with Gasteiger partial charge in [0.2, 0.25) is 0 Å². The second-order valence-corrected chi connectivity index (χ2v) is 7.70. The van der Waals surface area contributed by atoms with Crippen molar-refractivity contribution >= 4 is 29.4 Å². The van der Waals surface area contributed by atoms with Crippen molar-refractivity contribution in [3.05, 3.63) is 76.6 Å². The molecule has 172 valence electrons. The zero-order valence-electron chi connectivity index (χ0n) is 18.4. The van der Waals surface area contributed by atoms with Gasteiger partial charge in [-0.3, -0.25) is 4.79 Å². The van der Waals surface area contributed by atoms with Gasteiger partial charge in [-0.2, -0.15) is 5.10 Å². The molecule has 0 spiro atoms. The van der Waals surface area contributed by atoms with Crippen molar-refractivity contribution in [3.8, 4) is 16.9 Å². The van der Waals surface area contributed by atoms with E-state index in [0.29, 0.717) is 16.3 Å². The highest BCUT2D eigenvalue weighted by molar-refractivity contribution is 6.30. The molecule has 0 aliphatic carbocycles. The predicted molar refractivity (Wildman–Crippen MR) is 125 cm³/mol. The zero-order chi connectivity index (χ0) is 24.1. The third kappa shape index (κ3) is 5.35. The van der Waals surface area contributed by atoms with Crippen LogP contribution in [0.15, 0.2) is 66.0 Å². The first-order chi connectivity index (χ1) is 15.7. The molecule has 33 heavy (non-hydrogen) atoms. The van der Waals surface area contributed by atoms with Crippen LogP contribution in [-0.2, 0) is 14.3 Å². The number of rotatable bonds is 4. The summed E-state index contributed by atoms with van der Waals surface area (Å²) in [6, 6.07) is 13.8.